The van der Waals surface area contributed by atoms with Crippen molar-refractivity contribution in [1.29, 1.82) is 5.41 Å². The number of aliphatic carboxylic acids is 1. The van der Waals surface area contributed by atoms with Gasteiger partial charge >= 0.3 is 5.97 Å². The minimum Gasteiger partial charge on any atom is -0.495 e. The van der Waals surface area contributed by atoms with Crippen LogP contribution >= 0.6 is 31.9 Å². The molecule has 1 aromatic heterocycles. The number of anilines is 1. The Morgan fingerprint density at radius 3 is 2.03 bits per heavy atom. The molecule has 0 aliphatic rings. The number of nitrogens with one attached hydrogen (secondary N) is 2. The average Bonchev–Trinajstić information content (AvgIpc) is 2.75. The van der Waals surface area contributed by atoms with Crippen molar-refractivity contribution in [1.82, 2.24) is 9.97 Å². The molecule has 0 aliphatic carbocycles. The lowest BCUT2D eigenvalue weighted by atomic mass is 10.1. The van der Waals surface area contributed by atoms with Crippen LogP contribution in [0.3, 0.4) is 0 Å². The van der Waals surface area contributed by atoms with Gasteiger partial charge in [-0.1, -0.05) is 31.9 Å². The lowest BCUT2D eigenvalue weighted by Crippen LogP contribution is -2.06. The summed E-state index contributed by atoms with van der Waals surface area (Å²) in [7, 11) is 2.98. The summed E-state index contributed by atoms with van der Waals surface area (Å²) < 4.78 is 11.4. The number of fused-ring (bicyclic) bond motifs is 1. The number of carboxylic acid groups (broad SMARTS) is 2. The zero-order valence-electron chi connectivity index (χ0n) is 18.3. The first kappa shape index (κ1) is 30.4. The quantitative estimate of drug-likeness (QED) is 0.146. The lowest BCUT2D eigenvalue weighted by Gasteiger charge is -2.07. The highest BCUT2D eigenvalue weighted by Gasteiger charge is 2.13. The van der Waals surface area contributed by atoms with E-state index >= 15 is 0 Å². The van der Waals surface area contributed by atoms with Gasteiger partial charge in [0.2, 0.25) is 0 Å². The van der Waals surface area contributed by atoms with E-state index in [9.17, 15) is 9.59 Å². The number of nitrogens with zero attached hydrogens (tertiary/aromatic N) is 1. The molecule has 14 heteroatoms. The molecule has 0 saturated heterocycles. The van der Waals surface area contributed by atoms with E-state index in [0.717, 1.165) is 17.7 Å². The molecule has 8 N–H and O–H groups in total. The van der Waals surface area contributed by atoms with Crippen LogP contribution in [0.1, 0.15) is 17.3 Å². The minimum absolute atomic E-state index is 0.0335. The molecule has 0 spiro atoms. The zero-order chi connectivity index (χ0) is 26.4. The number of ether oxygens (including phenoxy) is 2. The molecule has 0 bridgehead atoms. The van der Waals surface area contributed by atoms with Gasteiger partial charge in [0, 0.05) is 15.9 Å². The van der Waals surface area contributed by atoms with Crippen molar-refractivity contribution in [3.05, 3.63) is 55.5 Å². The van der Waals surface area contributed by atoms with Crippen LogP contribution < -0.4 is 26.5 Å². The van der Waals surface area contributed by atoms with E-state index in [0.29, 0.717) is 26.9 Å². The molecule has 0 fully saturated rings. The minimum atomic E-state index is -1.07. The molecule has 12 nitrogen and oxygen atoms in total. The molecule has 0 radical (unpaired) electrons. The first-order valence-corrected chi connectivity index (χ1v) is 10.5. The van der Waals surface area contributed by atoms with Crippen LogP contribution in [0.2, 0.25) is 0 Å². The number of methoxy groups -OCH3 is 2. The Balaban J connectivity index is 0.000000506. The predicted octanol–water partition coefficient (Wildman–Crippen LogP) is 3.08. The van der Waals surface area contributed by atoms with Crippen LogP contribution in [0.5, 0.6) is 11.5 Å². The molecule has 3 aromatic rings. The third-order valence-electron chi connectivity index (χ3n) is 3.45. The van der Waals surface area contributed by atoms with Crippen molar-refractivity contribution in [2.45, 2.75) is 6.92 Å². The Morgan fingerprint density at radius 1 is 1.09 bits per heavy atom. The van der Waals surface area contributed by atoms with Crippen molar-refractivity contribution in [3.8, 4) is 11.5 Å². The molecule has 184 valence electrons. The maximum atomic E-state index is 11.4. The van der Waals surface area contributed by atoms with Crippen LogP contribution in [-0.2, 0) is 4.79 Å². The summed E-state index contributed by atoms with van der Waals surface area (Å²) in [4.78, 5) is 37.7. The summed E-state index contributed by atoms with van der Waals surface area (Å²) in [5.74, 6) is -0.968. The summed E-state index contributed by atoms with van der Waals surface area (Å²) in [5.41, 5.74) is 10.5. The normalized spacial score (nSPS) is 9.09. The Morgan fingerprint density at radius 2 is 1.56 bits per heavy atom. The van der Waals surface area contributed by atoms with Crippen molar-refractivity contribution in [2.24, 2.45) is 5.73 Å². The predicted molar refractivity (Wildman–Crippen MR) is 135 cm³/mol. The molecule has 0 aliphatic heterocycles. The van der Waals surface area contributed by atoms with Crippen molar-refractivity contribution in [3.63, 3.8) is 0 Å². The highest BCUT2D eigenvalue weighted by Crippen LogP contribution is 2.29. The maximum Gasteiger partial charge on any atom is 0.337 e. The van der Waals surface area contributed by atoms with Gasteiger partial charge in [-0.25, -0.2) is 9.78 Å². The average molecular weight is 605 g/mol. The summed E-state index contributed by atoms with van der Waals surface area (Å²) in [5, 5.41) is 22.5. The smallest absolute Gasteiger partial charge is 0.337 e. The van der Waals surface area contributed by atoms with Gasteiger partial charge in [0.15, 0.2) is 0 Å². The summed E-state index contributed by atoms with van der Waals surface area (Å²) >= 11 is 6.46. The third kappa shape index (κ3) is 9.87. The Bertz CT molecular complexity index is 1200. The zero-order valence-corrected chi connectivity index (χ0v) is 21.4. The standard InChI is InChI=1S/C9H7BrN2O2.C8H8BrNO3.C2H4O2.CH4N2/c1-14-7-3-5(10)2-6-8(7)11-4-12-9(6)13;1-13-6-3-4(9)2-5(7(6)10)8(11)12;1-2(3)4;2-1-3/h2-4H,1H3,(H,11,12,13);2-3H,10H2,1H3,(H,11,12);1H3,(H,3,4);1H,(H3,2,3). The highest BCUT2D eigenvalue weighted by molar-refractivity contribution is 9.10. The second kappa shape index (κ2) is 15.2. The van der Waals surface area contributed by atoms with Crippen LogP contribution in [0.4, 0.5) is 5.69 Å². The number of benzene rings is 2. The number of hydrogen-bond donors (Lipinski definition) is 6. The number of carbonyl (C=O) groups is 2. The maximum absolute atomic E-state index is 11.4. The van der Waals surface area contributed by atoms with E-state index < -0.39 is 11.9 Å². The number of hydrogen-bond acceptors (Lipinski definition) is 8. The summed E-state index contributed by atoms with van der Waals surface area (Å²) in [6.45, 7) is 1.08. The third-order valence-corrected chi connectivity index (χ3v) is 4.37. The first-order valence-electron chi connectivity index (χ1n) is 8.90. The van der Waals surface area contributed by atoms with Gasteiger partial charge < -0.3 is 36.1 Å². The van der Waals surface area contributed by atoms with Crippen molar-refractivity contribution >= 4 is 66.7 Å². The molecule has 0 saturated carbocycles. The van der Waals surface area contributed by atoms with E-state index in [1.165, 1.54) is 19.5 Å². The molecule has 0 unspecified atom stereocenters. The van der Waals surface area contributed by atoms with Gasteiger partial charge in [-0.2, -0.15) is 0 Å². The number of rotatable bonds is 3. The van der Waals surface area contributed by atoms with Gasteiger partial charge in [-0.3, -0.25) is 15.0 Å². The van der Waals surface area contributed by atoms with E-state index in [4.69, 9.17) is 35.6 Å². The van der Waals surface area contributed by atoms with Crippen molar-refractivity contribution in [2.75, 3.05) is 20.0 Å². The van der Waals surface area contributed by atoms with Gasteiger partial charge in [0.1, 0.15) is 17.0 Å². The SMILES string of the molecule is CC(=O)O.COc1cc(Br)cc(C(=O)O)c1N.COc1cc(Br)cc2c(=O)[nH]cnc12.N=CN. The number of nitrogen functional groups attached to an aromatic ring is 1. The largest absolute Gasteiger partial charge is 0.495 e. The second-order valence-electron chi connectivity index (χ2n) is 5.80. The second-order valence-corrected chi connectivity index (χ2v) is 7.63. The molecule has 2 aromatic carbocycles. The Kier molecular flexibility index (Phi) is 13.6. The molecular weight excluding hydrogens is 582 g/mol. The fourth-order valence-electron chi connectivity index (χ4n) is 2.21. The summed E-state index contributed by atoms with van der Waals surface area (Å²) in [6, 6.07) is 6.53. The van der Waals surface area contributed by atoms with Crippen LogP contribution in [0, 0.1) is 5.41 Å². The first-order chi connectivity index (χ1) is 15.9. The van der Waals surface area contributed by atoms with E-state index in [2.05, 4.69) is 47.6 Å². The van der Waals surface area contributed by atoms with Crippen LogP contribution in [-0.4, -0.2) is 52.7 Å². The van der Waals surface area contributed by atoms with Gasteiger partial charge in [-0.05, 0) is 24.3 Å². The van der Waals surface area contributed by atoms with Gasteiger partial charge in [-0.15, -0.1) is 0 Å². The number of H-pyrrole nitrogens is 1. The number of aromatic carboxylic acids is 1. The van der Waals surface area contributed by atoms with Gasteiger partial charge in [0.05, 0.1) is 43.5 Å². The molecule has 0 amide bonds. The van der Waals surface area contributed by atoms with Crippen LogP contribution in [0.15, 0.2) is 44.3 Å². The molecule has 0 atom stereocenters. The highest BCUT2D eigenvalue weighted by atomic mass is 79.9. The Hall–Kier alpha value is -3.65. The number of aromatic amines is 1. The number of carboxylic acids is 2. The number of nitrogens with two attached hydrogens (primary N) is 2. The van der Waals surface area contributed by atoms with E-state index in [1.54, 1.807) is 25.3 Å². The fraction of sp³-hybridized carbons (Fsp3) is 0.150. The molecule has 3 rings (SSSR count). The summed E-state index contributed by atoms with van der Waals surface area (Å²) in [6.07, 6.45) is 2.11. The molecular formula is C20H23Br2N5O7. The van der Waals surface area contributed by atoms with Gasteiger partial charge in [0.25, 0.3) is 11.5 Å². The molecule has 1 heterocycles. The molecule has 34 heavy (non-hydrogen) atoms. The lowest BCUT2D eigenvalue weighted by molar-refractivity contribution is -0.134. The topological polar surface area (TPSA) is 215 Å². The Labute approximate surface area is 210 Å². The van der Waals surface area contributed by atoms with Crippen molar-refractivity contribution < 1.29 is 29.3 Å². The fourth-order valence-corrected chi connectivity index (χ4v) is 3.08. The monoisotopic (exact) mass is 603 g/mol. The van der Waals surface area contributed by atoms with E-state index in [1.807, 2.05) is 0 Å². The van der Waals surface area contributed by atoms with Crippen LogP contribution in [0.25, 0.3) is 10.9 Å². The van der Waals surface area contributed by atoms with E-state index in [-0.39, 0.29) is 16.8 Å². The number of aromatic nitrogens is 2. The number of halogens is 2.